The zero-order valence-electron chi connectivity index (χ0n) is 21.1. The zero-order valence-corrected chi connectivity index (χ0v) is 22.7. The van der Waals surface area contributed by atoms with Gasteiger partial charge in [0.05, 0.1) is 17.2 Å². The van der Waals surface area contributed by atoms with E-state index in [9.17, 15) is 9.18 Å². The van der Waals surface area contributed by atoms with Crippen LogP contribution < -0.4 is 10.1 Å². The summed E-state index contributed by atoms with van der Waals surface area (Å²) in [6.45, 7) is 6.26. The van der Waals surface area contributed by atoms with Gasteiger partial charge < -0.3 is 14.8 Å². The van der Waals surface area contributed by atoms with Crippen LogP contribution in [0.1, 0.15) is 57.2 Å². The second-order valence-corrected chi connectivity index (χ2v) is 10.1. The molecule has 0 saturated heterocycles. The molecule has 1 aromatic heterocycles. The van der Waals surface area contributed by atoms with Crippen LogP contribution in [0.25, 0.3) is 0 Å². The number of hydrogen-bond acceptors (Lipinski definition) is 7. The van der Waals surface area contributed by atoms with E-state index in [1.54, 1.807) is 40.7 Å². The second kappa shape index (κ2) is 12.5. The number of nitrogens with zero attached hydrogens (tertiary/aromatic N) is 3. The molecule has 1 aliphatic heterocycles. The van der Waals surface area contributed by atoms with E-state index in [-0.39, 0.29) is 6.61 Å². The molecule has 2 heterocycles. The number of ether oxygens (including phenoxy) is 2. The number of esters is 1. The van der Waals surface area contributed by atoms with Crippen LogP contribution in [0.5, 0.6) is 5.75 Å². The minimum absolute atomic E-state index is 0.00261. The number of carbonyl (C=O) groups excluding carboxylic acids is 1. The Morgan fingerprint density at radius 2 is 1.97 bits per heavy atom. The number of thioether (sulfide) groups is 1. The van der Waals surface area contributed by atoms with Gasteiger partial charge in [-0.05, 0) is 49.6 Å². The fourth-order valence-corrected chi connectivity index (χ4v) is 5.05. The van der Waals surface area contributed by atoms with Crippen molar-refractivity contribution in [3.05, 3.63) is 75.7 Å². The number of anilines is 1. The number of hydrogen-bond donors (Lipinski definition) is 1. The van der Waals surface area contributed by atoms with E-state index >= 15 is 0 Å². The molecule has 0 bridgehead atoms. The van der Waals surface area contributed by atoms with Gasteiger partial charge in [-0.3, -0.25) is 0 Å². The Balaban J connectivity index is 1.62. The number of nitrogens with one attached hydrogen (secondary N) is 1. The SMILES string of the molecule is CCCCSc1nc2n(n1)C(c1ccc(OCc3c(F)cccc3Cl)cc1)C(C(=O)OCCC)=C(C)N2. The van der Waals surface area contributed by atoms with E-state index in [4.69, 9.17) is 26.2 Å². The van der Waals surface area contributed by atoms with E-state index < -0.39 is 17.8 Å². The minimum Gasteiger partial charge on any atom is -0.489 e. The molecular weight excluding hydrogens is 515 g/mol. The molecule has 2 aromatic carbocycles. The van der Waals surface area contributed by atoms with Crippen LogP contribution in [-0.4, -0.2) is 33.1 Å². The highest BCUT2D eigenvalue weighted by Gasteiger charge is 2.35. The number of rotatable bonds is 11. The van der Waals surface area contributed by atoms with Gasteiger partial charge in [0.25, 0.3) is 0 Å². The highest BCUT2D eigenvalue weighted by Crippen LogP contribution is 2.37. The summed E-state index contributed by atoms with van der Waals surface area (Å²) in [6.07, 6.45) is 2.88. The van der Waals surface area contributed by atoms with E-state index in [0.717, 1.165) is 30.6 Å². The number of fused-ring (bicyclic) bond motifs is 1. The van der Waals surface area contributed by atoms with E-state index in [1.807, 2.05) is 26.0 Å². The topological polar surface area (TPSA) is 78.3 Å². The summed E-state index contributed by atoms with van der Waals surface area (Å²) in [5.74, 6) is 1.22. The maximum absolute atomic E-state index is 14.1. The number of carbonyl (C=O) groups is 1. The van der Waals surface area contributed by atoms with Gasteiger partial charge in [-0.25, -0.2) is 13.9 Å². The molecule has 1 atom stereocenters. The summed E-state index contributed by atoms with van der Waals surface area (Å²) >= 11 is 7.71. The summed E-state index contributed by atoms with van der Waals surface area (Å²) in [7, 11) is 0. The number of halogens is 2. The van der Waals surface area contributed by atoms with Crippen molar-refractivity contribution in [3.8, 4) is 5.75 Å². The van der Waals surface area contributed by atoms with Crippen LogP contribution in [0.3, 0.4) is 0 Å². The van der Waals surface area contributed by atoms with Crippen molar-refractivity contribution in [1.82, 2.24) is 14.8 Å². The third-order valence-electron chi connectivity index (χ3n) is 5.86. The van der Waals surface area contributed by atoms with Crippen molar-refractivity contribution in [2.75, 3.05) is 17.7 Å². The predicted octanol–water partition coefficient (Wildman–Crippen LogP) is 6.78. The lowest BCUT2D eigenvalue weighted by Crippen LogP contribution is -2.29. The second-order valence-electron chi connectivity index (χ2n) is 8.62. The van der Waals surface area contributed by atoms with Gasteiger partial charge in [-0.1, -0.05) is 61.8 Å². The van der Waals surface area contributed by atoms with Gasteiger partial charge in [-0.2, -0.15) is 4.98 Å². The van der Waals surface area contributed by atoms with Crippen LogP contribution >= 0.6 is 23.4 Å². The first-order valence-electron chi connectivity index (χ1n) is 12.3. The molecule has 3 aromatic rings. The summed E-state index contributed by atoms with van der Waals surface area (Å²) in [6, 6.07) is 11.3. The maximum Gasteiger partial charge on any atom is 0.338 e. The molecule has 1 unspecified atom stereocenters. The van der Waals surface area contributed by atoms with Gasteiger partial charge in [0, 0.05) is 17.0 Å². The number of aromatic nitrogens is 3. The van der Waals surface area contributed by atoms with Crippen LogP contribution in [0.15, 0.2) is 58.9 Å². The lowest BCUT2D eigenvalue weighted by molar-refractivity contribution is -0.139. The quantitative estimate of drug-likeness (QED) is 0.162. The molecule has 0 aliphatic carbocycles. The van der Waals surface area contributed by atoms with E-state index in [1.165, 1.54) is 6.07 Å². The predicted molar refractivity (Wildman–Crippen MR) is 144 cm³/mol. The molecule has 7 nitrogen and oxygen atoms in total. The van der Waals surface area contributed by atoms with Crippen LogP contribution in [0, 0.1) is 5.82 Å². The van der Waals surface area contributed by atoms with Crippen molar-refractivity contribution in [3.63, 3.8) is 0 Å². The molecule has 0 fully saturated rings. The van der Waals surface area contributed by atoms with Gasteiger partial charge in [0.1, 0.15) is 24.2 Å². The monoisotopic (exact) mass is 544 g/mol. The molecule has 0 saturated carbocycles. The largest absolute Gasteiger partial charge is 0.489 e. The van der Waals surface area contributed by atoms with Gasteiger partial charge >= 0.3 is 5.97 Å². The highest BCUT2D eigenvalue weighted by molar-refractivity contribution is 7.99. The standard InChI is InChI=1S/C27H30ClFN4O3S/c1-4-6-15-37-27-31-26-30-17(3)23(25(34)35-14-5-2)24(33(26)32-27)18-10-12-19(13-11-18)36-16-20-21(28)8-7-9-22(20)29/h7-13,24H,4-6,14-16H2,1-3H3,(H,30,31,32). The minimum atomic E-state index is -0.524. The Labute approximate surface area is 225 Å². The molecular formula is C27H30ClFN4O3S. The Bertz CT molecular complexity index is 1260. The lowest BCUT2D eigenvalue weighted by Gasteiger charge is -2.28. The third-order valence-corrected chi connectivity index (χ3v) is 7.14. The number of allylic oxidation sites excluding steroid dienone is 1. The van der Waals surface area contributed by atoms with Crippen LogP contribution in [0.2, 0.25) is 5.02 Å². The Morgan fingerprint density at radius 1 is 1.19 bits per heavy atom. The van der Waals surface area contributed by atoms with E-state index in [2.05, 4.69) is 17.2 Å². The molecule has 0 spiro atoms. The van der Waals surface area contributed by atoms with Crippen molar-refractivity contribution in [1.29, 1.82) is 0 Å². The fourth-order valence-electron chi connectivity index (χ4n) is 3.92. The highest BCUT2D eigenvalue weighted by atomic mass is 35.5. The summed E-state index contributed by atoms with van der Waals surface area (Å²) in [5.41, 5.74) is 2.26. The van der Waals surface area contributed by atoms with Crippen molar-refractivity contribution in [2.45, 2.75) is 57.8 Å². The van der Waals surface area contributed by atoms with Crippen molar-refractivity contribution < 1.29 is 18.7 Å². The van der Waals surface area contributed by atoms with Gasteiger partial charge in [0.2, 0.25) is 11.1 Å². The molecule has 1 N–H and O–H groups in total. The van der Waals surface area contributed by atoms with Crippen LogP contribution in [-0.2, 0) is 16.1 Å². The van der Waals surface area contributed by atoms with E-state index in [0.29, 0.717) is 45.3 Å². The molecule has 10 heteroatoms. The molecule has 1 aliphatic rings. The Morgan fingerprint density at radius 3 is 2.68 bits per heavy atom. The van der Waals surface area contributed by atoms with Crippen molar-refractivity contribution in [2.24, 2.45) is 0 Å². The summed E-state index contributed by atoms with van der Waals surface area (Å²) in [5, 5.41) is 8.91. The first-order valence-corrected chi connectivity index (χ1v) is 13.7. The molecule has 0 radical (unpaired) electrons. The average molecular weight is 545 g/mol. The number of benzene rings is 2. The fraction of sp³-hybridized carbons (Fsp3) is 0.370. The first kappa shape index (κ1) is 27.0. The summed E-state index contributed by atoms with van der Waals surface area (Å²) < 4.78 is 27.1. The molecule has 4 rings (SSSR count). The smallest absolute Gasteiger partial charge is 0.338 e. The zero-order chi connectivity index (χ0) is 26.4. The normalized spacial score (nSPS) is 14.8. The van der Waals surface area contributed by atoms with Gasteiger partial charge in [-0.15, -0.1) is 5.10 Å². The number of unbranched alkanes of at least 4 members (excludes halogenated alkanes) is 1. The molecule has 196 valence electrons. The van der Waals surface area contributed by atoms with Crippen molar-refractivity contribution >= 4 is 35.3 Å². The van der Waals surface area contributed by atoms with Crippen LogP contribution in [0.4, 0.5) is 10.3 Å². The average Bonchev–Trinajstić information content (AvgIpc) is 3.29. The molecule has 0 amide bonds. The molecule has 37 heavy (non-hydrogen) atoms. The first-order chi connectivity index (χ1) is 17.9. The lowest BCUT2D eigenvalue weighted by atomic mass is 9.96. The van der Waals surface area contributed by atoms with Gasteiger partial charge in [0.15, 0.2) is 0 Å². The maximum atomic E-state index is 14.1. The Hall–Kier alpha value is -3.04. The Kier molecular flexibility index (Phi) is 9.10. The summed E-state index contributed by atoms with van der Waals surface area (Å²) in [4.78, 5) is 17.8. The third kappa shape index (κ3) is 6.27.